The first-order valence-corrected chi connectivity index (χ1v) is 24.6. The number of benzene rings is 9. The maximum absolute atomic E-state index is 7.22. The molecule has 0 fully saturated rings. The zero-order valence-corrected chi connectivity index (χ0v) is 39.5. The molecule has 2 aliphatic heterocycles. The fourth-order valence-corrected chi connectivity index (χ4v) is 11.1. The highest BCUT2D eigenvalue weighted by molar-refractivity contribution is 6.99. The van der Waals surface area contributed by atoms with Crippen molar-refractivity contribution in [3.8, 4) is 50.6 Å². The molecule has 2 aliphatic rings. The Morgan fingerprint density at radius 1 is 0.485 bits per heavy atom. The summed E-state index contributed by atoms with van der Waals surface area (Å²) in [5.41, 5.74) is 20.4. The molecule has 3 nitrogen and oxygen atoms in total. The van der Waals surface area contributed by atoms with E-state index in [1.807, 2.05) is 0 Å². The minimum atomic E-state index is -0.105. The molecule has 0 bridgehead atoms. The van der Waals surface area contributed by atoms with Crippen LogP contribution in [-0.4, -0.2) is 11.3 Å². The second-order valence-corrected chi connectivity index (χ2v) is 19.8. The fraction of sp³-hybridized carbons (Fsp3) is 0.156. The zero-order chi connectivity index (χ0) is 45.9. The molecule has 4 heteroatoms. The second kappa shape index (κ2) is 17.0. The van der Waals surface area contributed by atoms with Crippen LogP contribution < -0.4 is 26.0 Å². The van der Waals surface area contributed by atoms with E-state index < -0.39 is 0 Å². The molecule has 0 N–H and O–H groups in total. The monoisotopic (exact) mass is 878 g/mol. The SMILES string of the molecule is CCCCCCc1cc2c3c(c1)N(c1c(-c4ccccc4)cc(C(C)(C)C)cc1-c1ccccc1)c1cc(-n4c5ccccc5c5ccccc54)ccc1B3c1cc(-c3ccccc3)ccc1O2. The van der Waals surface area contributed by atoms with E-state index in [-0.39, 0.29) is 12.1 Å². The van der Waals surface area contributed by atoms with E-state index in [4.69, 9.17) is 4.74 Å². The molecule has 0 spiro atoms. The predicted octanol–water partition coefficient (Wildman–Crippen LogP) is 15.6. The maximum Gasteiger partial charge on any atom is 0.256 e. The quantitative estimate of drug-likeness (QED) is 0.101. The van der Waals surface area contributed by atoms with Crippen LogP contribution in [0.2, 0.25) is 0 Å². The van der Waals surface area contributed by atoms with Gasteiger partial charge in [0.2, 0.25) is 0 Å². The predicted molar refractivity (Wildman–Crippen MR) is 289 cm³/mol. The van der Waals surface area contributed by atoms with E-state index in [1.54, 1.807) is 0 Å². The number of aromatic nitrogens is 1. The number of hydrogen-bond acceptors (Lipinski definition) is 2. The molecule has 0 unspecified atom stereocenters. The van der Waals surface area contributed by atoms with Gasteiger partial charge in [0.15, 0.2) is 0 Å². The largest absolute Gasteiger partial charge is 0.458 e. The van der Waals surface area contributed by atoms with Crippen LogP contribution in [0.1, 0.15) is 64.5 Å². The van der Waals surface area contributed by atoms with Crippen molar-refractivity contribution in [2.45, 2.75) is 65.2 Å². The van der Waals surface area contributed by atoms with E-state index >= 15 is 0 Å². The third-order valence-corrected chi connectivity index (χ3v) is 14.4. The summed E-state index contributed by atoms with van der Waals surface area (Å²) in [6, 6.07) is 74.5. The number of nitrogens with zero attached hydrogens (tertiary/aromatic N) is 2. The molecule has 0 aliphatic carbocycles. The lowest BCUT2D eigenvalue weighted by atomic mass is 9.34. The molecule has 330 valence electrons. The summed E-state index contributed by atoms with van der Waals surface area (Å²) in [6.07, 6.45) is 5.76. The van der Waals surface area contributed by atoms with Crippen molar-refractivity contribution in [2.24, 2.45) is 0 Å². The van der Waals surface area contributed by atoms with Crippen molar-refractivity contribution in [3.63, 3.8) is 0 Å². The van der Waals surface area contributed by atoms with Gasteiger partial charge in [0, 0.05) is 39.0 Å². The normalized spacial score (nSPS) is 12.8. The summed E-state index contributed by atoms with van der Waals surface area (Å²) in [5.74, 6) is 1.88. The summed E-state index contributed by atoms with van der Waals surface area (Å²) in [4.78, 5) is 2.64. The number of unbranched alkanes of at least 4 members (excludes halogenated alkanes) is 3. The number of ether oxygens (including phenoxy) is 1. The van der Waals surface area contributed by atoms with Gasteiger partial charge in [0.05, 0.1) is 16.7 Å². The van der Waals surface area contributed by atoms with Crippen LogP contribution in [0, 0.1) is 0 Å². The van der Waals surface area contributed by atoms with Gasteiger partial charge in [-0.25, -0.2) is 0 Å². The summed E-state index contributed by atoms with van der Waals surface area (Å²) < 4.78 is 9.70. The molecule has 0 radical (unpaired) electrons. The molecule has 68 heavy (non-hydrogen) atoms. The highest BCUT2D eigenvalue weighted by Gasteiger charge is 2.44. The Balaban J connectivity index is 1.21. The van der Waals surface area contributed by atoms with Crippen LogP contribution in [0.25, 0.3) is 60.9 Å². The first-order valence-electron chi connectivity index (χ1n) is 24.6. The smallest absolute Gasteiger partial charge is 0.256 e. The Kier molecular flexibility index (Phi) is 10.4. The second-order valence-electron chi connectivity index (χ2n) is 19.8. The molecule has 9 aromatic carbocycles. The van der Waals surface area contributed by atoms with Crippen molar-refractivity contribution >= 4 is 62.0 Å². The molecule has 10 aromatic rings. The van der Waals surface area contributed by atoms with E-state index in [0.717, 1.165) is 30.0 Å². The van der Waals surface area contributed by atoms with Crippen LogP contribution in [0.4, 0.5) is 17.1 Å². The number of hydrogen-bond donors (Lipinski definition) is 0. The first kappa shape index (κ1) is 41.8. The van der Waals surface area contributed by atoms with E-state index in [1.165, 1.54) is 119 Å². The Morgan fingerprint density at radius 2 is 1.09 bits per heavy atom. The molecule has 3 heterocycles. The highest BCUT2D eigenvalue weighted by Crippen LogP contribution is 2.51. The van der Waals surface area contributed by atoms with Crippen molar-refractivity contribution in [3.05, 3.63) is 211 Å². The van der Waals surface area contributed by atoms with Gasteiger partial charge in [-0.1, -0.05) is 193 Å². The number of anilines is 3. The lowest BCUT2D eigenvalue weighted by molar-refractivity contribution is 0.486. The third kappa shape index (κ3) is 7.13. The minimum absolute atomic E-state index is 0.0748. The summed E-state index contributed by atoms with van der Waals surface area (Å²) in [7, 11) is 0. The third-order valence-electron chi connectivity index (χ3n) is 14.4. The van der Waals surface area contributed by atoms with Crippen molar-refractivity contribution in [1.82, 2.24) is 4.57 Å². The van der Waals surface area contributed by atoms with Gasteiger partial charge >= 0.3 is 0 Å². The molecule has 0 saturated heterocycles. The van der Waals surface area contributed by atoms with E-state index in [0.29, 0.717) is 0 Å². The molecule has 0 atom stereocenters. The van der Waals surface area contributed by atoms with Gasteiger partial charge in [-0.05, 0) is 123 Å². The van der Waals surface area contributed by atoms with Crippen molar-refractivity contribution in [1.29, 1.82) is 0 Å². The van der Waals surface area contributed by atoms with E-state index in [9.17, 15) is 0 Å². The molecular formula is C64H55BN2O. The van der Waals surface area contributed by atoms with Crippen LogP contribution in [0.15, 0.2) is 200 Å². The Hall–Kier alpha value is -7.56. The molecule has 0 saturated carbocycles. The Bertz CT molecular complexity index is 3400. The van der Waals surface area contributed by atoms with Crippen molar-refractivity contribution < 1.29 is 4.74 Å². The Morgan fingerprint density at radius 3 is 1.71 bits per heavy atom. The van der Waals surface area contributed by atoms with Crippen molar-refractivity contribution in [2.75, 3.05) is 4.90 Å². The Labute approximate surface area is 401 Å². The molecule has 0 amide bonds. The molecule has 12 rings (SSSR count). The number of fused-ring (bicyclic) bond motifs is 7. The summed E-state index contributed by atoms with van der Waals surface area (Å²) >= 11 is 0. The van der Waals surface area contributed by atoms with Gasteiger partial charge in [0.25, 0.3) is 6.71 Å². The van der Waals surface area contributed by atoms with Crippen LogP contribution in [-0.2, 0) is 11.8 Å². The average molecular weight is 879 g/mol. The van der Waals surface area contributed by atoms with Gasteiger partial charge in [-0.2, -0.15) is 0 Å². The molecule has 1 aromatic heterocycles. The van der Waals surface area contributed by atoms with E-state index in [2.05, 4.69) is 237 Å². The lowest BCUT2D eigenvalue weighted by Crippen LogP contribution is -2.59. The van der Waals surface area contributed by atoms with Crippen LogP contribution >= 0.6 is 0 Å². The van der Waals surface area contributed by atoms with Gasteiger partial charge in [0.1, 0.15) is 11.5 Å². The van der Waals surface area contributed by atoms with Crippen LogP contribution in [0.5, 0.6) is 11.5 Å². The fourth-order valence-electron chi connectivity index (χ4n) is 11.1. The maximum atomic E-state index is 7.22. The van der Waals surface area contributed by atoms with Gasteiger partial charge < -0.3 is 14.2 Å². The highest BCUT2D eigenvalue weighted by atomic mass is 16.5. The number of rotatable bonds is 10. The van der Waals surface area contributed by atoms with Gasteiger partial charge in [-0.15, -0.1) is 0 Å². The van der Waals surface area contributed by atoms with Gasteiger partial charge in [-0.3, -0.25) is 0 Å². The topological polar surface area (TPSA) is 17.4 Å². The standard InChI is InChI=1S/C64H55BN2O/c1-5-6-7-11-22-43-37-59-62-61(38-43)68-60-36-33-47(44-23-12-8-13-24-44)39-55(60)65(62)54-35-34-49(66-56-31-20-18-29-50(56)51-30-19-21-32-57(51)66)42-58(54)67(59)63-52(45-25-14-9-15-26-45)40-48(64(2,3)4)41-53(63)46-27-16-10-17-28-46/h8-10,12-21,23-42H,5-7,11,22H2,1-4H3. The summed E-state index contributed by atoms with van der Waals surface area (Å²) in [6.45, 7) is 9.22. The first-order chi connectivity index (χ1) is 33.3. The lowest BCUT2D eigenvalue weighted by Gasteiger charge is -2.42. The number of aryl methyl sites for hydroxylation is 1. The minimum Gasteiger partial charge on any atom is -0.458 e. The van der Waals surface area contributed by atoms with Crippen LogP contribution in [0.3, 0.4) is 0 Å². The summed E-state index contributed by atoms with van der Waals surface area (Å²) in [5, 5.41) is 2.50. The number of para-hydroxylation sites is 2. The average Bonchev–Trinajstić information content (AvgIpc) is 3.72. The molecular weight excluding hydrogens is 824 g/mol. The zero-order valence-electron chi connectivity index (χ0n) is 39.5.